The summed E-state index contributed by atoms with van der Waals surface area (Å²) in [6.07, 6.45) is 2.64. The second-order valence-electron chi connectivity index (χ2n) is 6.86. The summed E-state index contributed by atoms with van der Waals surface area (Å²) in [6.45, 7) is 6.33. The quantitative estimate of drug-likeness (QED) is 0.942. The molecule has 0 bridgehead atoms. The van der Waals surface area contributed by atoms with Crippen LogP contribution in [0.4, 0.5) is 0 Å². The zero-order valence-electron chi connectivity index (χ0n) is 13.9. The fourth-order valence-electron chi connectivity index (χ4n) is 2.10. The standard InChI is InChI=1S/C17H24N2O3/c1-17(2,3)16(21)22-19-11-12(8-9-18(4)5)14-10-13(20)6-7-15(14)19/h6-7,10-11,20H,8-9H2,1-5H3. The lowest BCUT2D eigenvalue weighted by molar-refractivity contribution is -0.152. The van der Waals surface area contributed by atoms with Gasteiger partial charge >= 0.3 is 5.97 Å². The molecule has 1 aromatic heterocycles. The van der Waals surface area contributed by atoms with E-state index in [-0.39, 0.29) is 11.7 Å². The maximum Gasteiger partial charge on any atom is 0.338 e. The number of rotatable bonds is 4. The number of carbonyl (C=O) groups is 1. The third-order valence-corrected chi connectivity index (χ3v) is 3.46. The second kappa shape index (κ2) is 6.01. The van der Waals surface area contributed by atoms with Crippen LogP contribution in [-0.2, 0) is 11.2 Å². The molecule has 1 aromatic carbocycles. The first-order chi connectivity index (χ1) is 10.2. The Hall–Kier alpha value is -2.01. The Kier molecular flexibility index (Phi) is 4.47. The van der Waals surface area contributed by atoms with Crippen LogP contribution in [0.25, 0.3) is 10.9 Å². The van der Waals surface area contributed by atoms with Gasteiger partial charge in [-0.25, -0.2) is 4.79 Å². The molecule has 5 heteroatoms. The number of aromatic hydroxyl groups is 1. The van der Waals surface area contributed by atoms with E-state index in [1.807, 2.05) is 41.1 Å². The van der Waals surface area contributed by atoms with Crippen molar-refractivity contribution in [2.45, 2.75) is 27.2 Å². The van der Waals surface area contributed by atoms with Crippen molar-refractivity contribution in [3.63, 3.8) is 0 Å². The number of hydrogen-bond donors (Lipinski definition) is 1. The van der Waals surface area contributed by atoms with E-state index in [1.165, 1.54) is 4.73 Å². The molecule has 0 aliphatic rings. The minimum Gasteiger partial charge on any atom is -0.508 e. The lowest BCUT2D eigenvalue weighted by atomic mass is 9.98. The highest BCUT2D eigenvalue weighted by Crippen LogP contribution is 2.26. The van der Waals surface area contributed by atoms with E-state index in [4.69, 9.17) is 4.84 Å². The molecule has 0 aliphatic heterocycles. The first kappa shape index (κ1) is 16.4. The summed E-state index contributed by atoms with van der Waals surface area (Å²) in [6, 6.07) is 5.07. The molecule has 0 saturated heterocycles. The van der Waals surface area contributed by atoms with E-state index in [1.54, 1.807) is 18.2 Å². The number of phenols is 1. The third-order valence-electron chi connectivity index (χ3n) is 3.46. The van der Waals surface area contributed by atoms with Crippen molar-refractivity contribution in [3.8, 4) is 5.75 Å². The number of benzene rings is 1. The van der Waals surface area contributed by atoms with Crippen molar-refractivity contribution in [2.24, 2.45) is 5.41 Å². The number of hydrogen-bond acceptors (Lipinski definition) is 4. The van der Waals surface area contributed by atoms with Crippen LogP contribution >= 0.6 is 0 Å². The van der Waals surface area contributed by atoms with Crippen molar-refractivity contribution in [3.05, 3.63) is 30.0 Å². The van der Waals surface area contributed by atoms with E-state index in [0.717, 1.165) is 29.4 Å². The fourth-order valence-corrected chi connectivity index (χ4v) is 2.10. The van der Waals surface area contributed by atoms with Crippen LogP contribution in [0.1, 0.15) is 26.3 Å². The normalized spacial score (nSPS) is 12.1. The average Bonchev–Trinajstić information content (AvgIpc) is 2.72. The number of nitrogens with zero attached hydrogens (tertiary/aromatic N) is 2. The summed E-state index contributed by atoms with van der Waals surface area (Å²) in [5.41, 5.74) is 1.25. The van der Waals surface area contributed by atoms with Gasteiger partial charge in [0.1, 0.15) is 5.75 Å². The number of aromatic nitrogens is 1. The van der Waals surface area contributed by atoms with Gasteiger partial charge in [0.2, 0.25) is 0 Å². The van der Waals surface area contributed by atoms with Gasteiger partial charge in [-0.3, -0.25) is 0 Å². The molecule has 22 heavy (non-hydrogen) atoms. The molecule has 0 aliphatic carbocycles. The molecule has 0 fully saturated rings. The first-order valence-electron chi connectivity index (χ1n) is 7.39. The summed E-state index contributed by atoms with van der Waals surface area (Å²) in [4.78, 5) is 19.7. The topological polar surface area (TPSA) is 54.7 Å². The summed E-state index contributed by atoms with van der Waals surface area (Å²) in [5, 5.41) is 10.6. The third kappa shape index (κ3) is 3.60. The summed E-state index contributed by atoms with van der Waals surface area (Å²) >= 11 is 0. The molecule has 2 rings (SSSR count). The van der Waals surface area contributed by atoms with Crippen molar-refractivity contribution in [2.75, 3.05) is 20.6 Å². The number of likely N-dealkylation sites (N-methyl/N-ethyl adjacent to an activating group) is 1. The zero-order valence-corrected chi connectivity index (χ0v) is 13.9. The second-order valence-corrected chi connectivity index (χ2v) is 6.86. The predicted molar refractivity (Wildman–Crippen MR) is 86.9 cm³/mol. The molecule has 0 atom stereocenters. The number of phenolic OH excluding ortho intramolecular Hbond substituents is 1. The highest BCUT2D eigenvalue weighted by Gasteiger charge is 2.25. The van der Waals surface area contributed by atoms with Crippen LogP contribution in [0.5, 0.6) is 5.75 Å². The molecule has 0 radical (unpaired) electrons. The largest absolute Gasteiger partial charge is 0.508 e. The lowest BCUT2D eigenvalue weighted by Gasteiger charge is -2.16. The molecule has 0 amide bonds. The first-order valence-corrected chi connectivity index (χ1v) is 7.39. The summed E-state index contributed by atoms with van der Waals surface area (Å²) in [7, 11) is 4.02. The fraction of sp³-hybridized carbons (Fsp3) is 0.471. The van der Waals surface area contributed by atoms with Crippen molar-refractivity contribution in [1.29, 1.82) is 0 Å². The Balaban J connectivity index is 2.40. The van der Waals surface area contributed by atoms with Crippen LogP contribution in [0.3, 0.4) is 0 Å². The lowest BCUT2D eigenvalue weighted by Crippen LogP contribution is -2.30. The Morgan fingerprint density at radius 3 is 2.59 bits per heavy atom. The van der Waals surface area contributed by atoms with Gasteiger partial charge in [-0.2, -0.15) is 4.73 Å². The van der Waals surface area contributed by atoms with Gasteiger partial charge in [0.05, 0.1) is 10.9 Å². The molecule has 5 nitrogen and oxygen atoms in total. The van der Waals surface area contributed by atoms with Crippen LogP contribution in [-0.4, -0.2) is 41.3 Å². The Labute approximate surface area is 131 Å². The van der Waals surface area contributed by atoms with E-state index < -0.39 is 5.41 Å². The van der Waals surface area contributed by atoms with E-state index in [2.05, 4.69) is 4.90 Å². The van der Waals surface area contributed by atoms with E-state index >= 15 is 0 Å². The molecule has 1 N–H and O–H groups in total. The van der Waals surface area contributed by atoms with Crippen LogP contribution in [0, 0.1) is 5.41 Å². The SMILES string of the molecule is CN(C)CCc1cn(OC(=O)C(C)(C)C)c2ccc(O)cc12. The van der Waals surface area contributed by atoms with Crippen molar-refractivity contribution >= 4 is 16.9 Å². The maximum atomic E-state index is 12.1. The Morgan fingerprint density at radius 2 is 2.00 bits per heavy atom. The van der Waals surface area contributed by atoms with Gasteiger partial charge in [0.15, 0.2) is 0 Å². The number of carbonyl (C=O) groups excluding carboxylic acids is 1. The summed E-state index contributed by atoms with van der Waals surface area (Å²) < 4.78 is 1.51. The predicted octanol–water partition coefficient (Wildman–Crippen LogP) is 2.45. The average molecular weight is 304 g/mol. The molecular formula is C17H24N2O3. The van der Waals surface area contributed by atoms with Gasteiger partial charge in [0.25, 0.3) is 0 Å². The highest BCUT2D eigenvalue weighted by molar-refractivity contribution is 5.86. The zero-order chi connectivity index (χ0) is 16.5. The molecule has 120 valence electrons. The van der Waals surface area contributed by atoms with Crippen molar-refractivity contribution < 1.29 is 14.7 Å². The molecule has 0 saturated carbocycles. The van der Waals surface area contributed by atoms with E-state index in [0.29, 0.717) is 0 Å². The molecule has 0 unspecified atom stereocenters. The van der Waals surface area contributed by atoms with Gasteiger partial charge in [0, 0.05) is 18.1 Å². The molecule has 1 heterocycles. The minimum absolute atomic E-state index is 0.207. The monoisotopic (exact) mass is 304 g/mol. The summed E-state index contributed by atoms with van der Waals surface area (Å²) in [5.74, 6) is -0.0878. The van der Waals surface area contributed by atoms with Gasteiger partial charge in [-0.05, 0) is 65.0 Å². The minimum atomic E-state index is -0.572. The van der Waals surface area contributed by atoms with Crippen LogP contribution < -0.4 is 4.84 Å². The molecule has 0 spiro atoms. The van der Waals surface area contributed by atoms with Crippen LogP contribution in [0.15, 0.2) is 24.4 Å². The molecular weight excluding hydrogens is 280 g/mol. The van der Waals surface area contributed by atoms with E-state index in [9.17, 15) is 9.90 Å². The molecule has 2 aromatic rings. The Bertz CT molecular complexity index is 681. The highest BCUT2D eigenvalue weighted by atomic mass is 16.7. The maximum absolute atomic E-state index is 12.1. The smallest absolute Gasteiger partial charge is 0.338 e. The Morgan fingerprint density at radius 1 is 1.32 bits per heavy atom. The van der Waals surface area contributed by atoms with Gasteiger partial charge < -0.3 is 14.8 Å². The van der Waals surface area contributed by atoms with Gasteiger partial charge in [-0.1, -0.05) is 0 Å². The van der Waals surface area contributed by atoms with Crippen molar-refractivity contribution in [1.82, 2.24) is 9.63 Å². The van der Waals surface area contributed by atoms with Crippen LogP contribution in [0.2, 0.25) is 0 Å². The number of fused-ring (bicyclic) bond motifs is 1. The van der Waals surface area contributed by atoms with Gasteiger partial charge in [-0.15, -0.1) is 0 Å².